The van der Waals surface area contributed by atoms with Crippen molar-refractivity contribution >= 4 is 11.9 Å². The summed E-state index contributed by atoms with van der Waals surface area (Å²) in [5.74, 6) is -0.909. The Morgan fingerprint density at radius 2 is 1.55 bits per heavy atom. The molecule has 20 heavy (non-hydrogen) atoms. The van der Waals surface area contributed by atoms with Gasteiger partial charge >= 0.3 is 11.9 Å². The quantitative estimate of drug-likeness (QED) is 0.788. The second kappa shape index (κ2) is 5.38. The number of aliphatic carboxylic acids is 1. The van der Waals surface area contributed by atoms with Gasteiger partial charge in [-0.25, -0.2) is 0 Å². The van der Waals surface area contributed by atoms with Crippen LogP contribution in [0.25, 0.3) is 0 Å². The van der Waals surface area contributed by atoms with Gasteiger partial charge in [0, 0.05) is 0 Å². The van der Waals surface area contributed by atoms with E-state index in [0.717, 1.165) is 44.9 Å². The second-order valence-corrected chi connectivity index (χ2v) is 7.59. The predicted molar refractivity (Wildman–Crippen MR) is 75.2 cm³/mol. The molecular formula is C16H26O4. The largest absolute Gasteiger partial charge is 0.481 e. The van der Waals surface area contributed by atoms with Crippen LogP contribution in [0.5, 0.6) is 0 Å². The van der Waals surface area contributed by atoms with Crippen LogP contribution >= 0.6 is 0 Å². The lowest BCUT2D eigenvalue weighted by atomic mass is 9.69. The van der Waals surface area contributed by atoms with E-state index in [4.69, 9.17) is 9.84 Å². The molecular weight excluding hydrogens is 256 g/mol. The fourth-order valence-corrected chi connectivity index (χ4v) is 3.72. The third-order valence-electron chi connectivity index (χ3n) is 4.84. The maximum Gasteiger partial charge on any atom is 0.309 e. The number of hydrogen-bond acceptors (Lipinski definition) is 3. The molecule has 2 saturated carbocycles. The highest BCUT2D eigenvalue weighted by molar-refractivity contribution is 5.73. The minimum absolute atomic E-state index is 0.00982. The summed E-state index contributed by atoms with van der Waals surface area (Å²) in [7, 11) is 0. The van der Waals surface area contributed by atoms with Gasteiger partial charge in [0.1, 0.15) is 5.60 Å². The number of rotatable bonds is 2. The van der Waals surface area contributed by atoms with E-state index >= 15 is 0 Å². The minimum atomic E-state index is -0.665. The zero-order chi connectivity index (χ0) is 15.0. The zero-order valence-electron chi connectivity index (χ0n) is 12.8. The summed E-state index contributed by atoms with van der Waals surface area (Å²) >= 11 is 0. The zero-order valence-corrected chi connectivity index (χ0v) is 12.8. The van der Waals surface area contributed by atoms with Crippen molar-refractivity contribution in [1.82, 2.24) is 0 Å². The molecule has 1 spiro atoms. The van der Waals surface area contributed by atoms with Gasteiger partial charge in [-0.3, -0.25) is 9.59 Å². The normalized spacial score (nSPS) is 34.1. The maximum atomic E-state index is 12.1. The van der Waals surface area contributed by atoms with Gasteiger partial charge in [0.05, 0.1) is 11.8 Å². The molecule has 1 N–H and O–H groups in total. The van der Waals surface area contributed by atoms with Crippen LogP contribution in [-0.2, 0) is 14.3 Å². The lowest BCUT2D eigenvalue weighted by Gasteiger charge is -2.36. The average Bonchev–Trinajstić information content (AvgIpc) is 2.72. The van der Waals surface area contributed by atoms with Crippen molar-refractivity contribution in [2.24, 2.45) is 17.3 Å². The van der Waals surface area contributed by atoms with Gasteiger partial charge in [-0.05, 0) is 71.1 Å². The number of carboxylic acids is 1. The van der Waals surface area contributed by atoms with Crippen LogP contribution in [0.15, 0.2) is 0 Å². The molecule has 0 aromatic carbocycles. The van der Waals surface area contributed by atoms with Crippen molar-refractivity contribution in [2.45, 2.75) is 71.3 Å². The summed E-state index contributed by atoms with van der Waals surface area (Å²) in [5, 5.41) is 9.06. The SMILES string of the molecule is CC(C)(C)OC(=O)C1CCC2(CCC(C(=O)O)CC2)C1. The van der Waals surface area contributed by atoms with Gasteiger partial charge in [-0.2, -0.15) is 0 Å². The Bertz CT molecular complexity index is 386. The van der Waals surface area contributed by atoms with Gasteiger partial charge in [0.15, 0.2) is 0 Å². The fourth-order valence-electron chi connectivity index (χ4n) is 3.72. The summed E-state index contributed by atoms with van der Waals surface area (Å²) in [6, 6.07) is 0. The monoisotopic (exact) mass is 282 g/mol. The lowest BCUT2D eigenvalue weighted by molar-refractivity contribution is -0.160. The van der Waals surface area contributed by atoms with E-state index in [-0.39, 0.29) is 23.2 Å². The molecule has 2 aliphatic carbocycles. The van der Waals surface area contributed by atoms with Crippen molar-refractivity contribution in [2.75, 3.05) is 0 Å². The third kappa shape index (κ3) is 3.53. The topological polar surface area (TPSA) is 63.6 Å². The summed E-state index contributed by atoms with van der Waals surface area (Å²) in [4.78, 5) is 23.2. The number of hydrogen-bond donors (Lipinski definition) is 1. The lowest BCUT2D eigenvalue weighted by Crippen LogP contribution is -2.31. The molecule has 4 heteroatoms. The molecule has 114 valence electrons. The van der Waals surface area contributed by atoms with Gasteiger partial charge < -0.3 is 9.84 Å². The van der Waals surface area contributed by atoms with Gasteiger partial charge in [0.2, 0.25) is 0 Å². The Morgan fingerprint density at radius 3 is 2.00 bits per heavy atom. The van der Waals surface area contributed by atoms with Crippen molar-refractivity contribution < 1.29 is 19.4 Å². The number of carboxylic acid groups (broad SMARTS) is 1. The minimum Gasteiger partial charge on any atom is -0.481 e. The fraction of sp³-hybridized carbons (Fsp3) is 0.875. The molecule has 0 heterocycles. The number of carbonyl (C=O) groups is 2. The molecule has 2 fully saturated rings. The molecule has 0 bridgehead atoms. The first-order valence-corrected chi connectivity index (χ1v) is 7.66. The van der Waals surface area contributed by atoms with Gasteiger partial charge in [-0.15, -0.1) is 0 Å². The van der Waals surface area contributed by atoms with E-state index in [9.17, 15) is 9.59 Å². The molecule has 4 nitrogen and oxygen atoms in total. The van der Waals surface area contributed by atoms with Crippen molar-refractivity contribution in [3.05, 3.63) is 0 Å². The van der Waals surface area contributed by atoms with Crippen molar-refractivity contribution in [1.29, 1.82) is 0 Å². The first-order chi connectivity index (χ1) is 9.21. The smallest absolute Gasteiger partial charge is 0.309 e. The Hall–Kier alpha value is -1.06. The van der Waals surface area contributed by atoms with Crippen LogP contribution in [0.4, 0.5) is 0 Å². The Morgan fingerprint density at radius 1 is 1.05 bits per heavy atom. The van der Waals surface area contributed by atoms with Crippen molar-refractivity contribution in [3.8, 4) is 0 Å². The van der Waals surface area contributed by atoms with Crippen LogP contribution in [-0.4, -0.2) is 22.6 Å². The molecule has 0 saturated heterocycles. The molecule has 0 radical (unpaired) electrons. The van der Waals surface area contributed by atoms with E-state index in [0.29, 0.717) is 0 Å². The van der Waals surface area contributed by atoms with Crippen LogP contribution < -0.4 is 0 Å². The molecule has 1 atom stereocenters. The van der Waals surface area contributed by atoms with Crippen LogP contribution in [0, 0.1) is 17.3 Å². The van der Waals surface area contributed by atoms with Gasteiger partial charge in [0.25, 0.3) is 0 Å². The second-order valence-electron chi connectivity index (χ2n) is 7.59. The Labute approximate surface area is 120 Å². The third-order valence-corrected chi connectivity index (χ3v) is 4.84. The first-order valence-electron chi connectivity index (χ1n) is 7.66. The molecule has 2 rings (SSSR count). The molecule has 0 aromatic heterocycles. The number of ether oxygens (including phenoxy) is 1. The molecule has 0 aromatic rings. The average molecular weight is 282 g/mol. The standard InChI is InChI=1S/C16H26O4/c1-15(2,3)20-14(19)12-6-9-16(10-12)7-4-11(5-8-16)13(17)18/h11-12H,4-10H2,1-3H3,(H,17,18). The van der Waals surface area contributed by atoms with E-state index in [1.165, 1.54) is 0 Å². The van der Waals surface area contributed by atoms with Crippen LogP contribution in [0.3, 0.4) is 0 Å². The molecule has 2 aliphatic rings. The summed E-state index contributed by atoms with van der Waals surface area (Å²) in [6.07, 6.45) is 6.24. The van der Waals surface area contributed by atoms with E-state index in [1.54, 1.807) is 0 Å². The van der Waals surface area contributed by atoms with Crippen LogP contribution in [0.2, 0.25) is 0 Å². The summed E-state index contributed by atoms with van der Waals surface area (Å²) < 4.78 is 5.48. The van der Waals surface area contributed by atoms with Crippen molar-refractivity contribution in [3.63, 3.8) is 0 Å². The number of carbonyl (C=O) groups excluding carboxylic acids is 1. The van der Waals surface area contributed by atoms with E-state index in [2.05, 4.69) is 0 Å². The van der Waals surface area contributed by atoms with Gasteiger partial charge in [-0.1, -0.05) is 0 Å². The summed E-state index contributed by atoms with van der Waals surface area (Å²) in [5.41, 5.74) is -0.221. The predicted octanol–water partition coefficient (Wildman–Crippen LogP) is 3.39. The number of esters is 1. The highest BCUT2D eigenvalue weighted by Crippen LogP contribution is 2.52. The summed E-state index contributed by atoms with van der Waals surface area (Å²) in [6.45, 7) is 5.69. The Balaban J connectivity index is 1.89. The highest BCUT2D eigenvalue weighted by atomic mass is 16.6. The van der Waals surface area contributed by atoms with Crippen LogP contribution in [0.1, 0.15) is 65.7 Å². The van der Waals surface area contributed by atoms with E-state index < -0.39 is 11.6 Å². The Kier molecular flexibility index (Phi) is 4.12. The van der Waals surface area contributed by atoms with E-state index in [1.807, 2.05) is 20.8 Å². The maximum absolute atomic E-state index is 12.1. The molecule has 0 amide bonds. The molecule has 0 aliphatic heterocycles. The first kappa shape index (κ1) is 15.3. The molecule has 1 unspecified atom stereocenters. The highest BCUT2D eigenvalue weighted by Gasteiger charge is 2.45.